The predicted octanol–water partition coefficient (Wildman–Crippen LogP) is 4.57. The molecule has 1 amide bonds. The van der Waals surface area contributed by atoms with Crippen LogP contribution in [-0.2, 0) is 11.3 Å². The van der Waals surface area contributed by atoms with Gasteiger partial charge >= 0.3 is 0 Å². The van der Waals surface area contributed by atoms with E-state index in [4.69, 9.17) is 4.98 Å². The smallest absolute Gasteiger partial charge is 0.222 e. The molecule has 4 aromatic rings. The number of hydrogen-bond donors (Lipinski definition) is 1. The molecule has 0 aliphatic carbocycles. The van der Waals surface area contributed by atoms with Gasteiger partial charge in [0.2, 0.25) is 5.91 Å². The third-order valence-corrected chi connectivity index (χ3v) is 4.96. The van der Waals surface area contributed by atoms with Crippen LogP contribution in [0.5, 0.6) is 0 Å². The number of aromatic amines is 1. The zero-order valence-corrected chi connectivity index (χ0v) is 16.2. The van der Waals surface area contributed by atoms with Gasteiger partial charge in [-0.25, -0.2) is 4.98 Å². The van der Waals surface area contributed by atoms with E-state index in [-0.39, 0.29) is 5.91 Å². The van der Waals surface area contributed by atoms with Gasteiger partial charge in [0.25, 0.3) is 0 Å². The van der Waals surface area contributed by atoms with Crippen LogP contribution in [-0.4, -0.2) is 39.4 Å². The lowest BCUT2D eigenvalue weighted by Crippen LogP contribution is -2.21. The van der Waals surface area contributed by atoms with E-state index in [0.29, 0.717) is 6.42 Å². The number of para-hydroxylation sites is 1. The fraction of sp³-hybridized carbons (Fsp3) is 0.217. The van der Waals surface area contributed by atoms with Crippen molar-refractivity contribution in [3.8, 4) is 22.6 Å². The molecule has 2 heterocycles. The number of benzene rings is 2. The molecule has 0 radical (unpaired) electrons. The Hall–Kier alpha value is -3.34. The molecule has 142 valence electrons. The topological polar surface area (TPSA) is 53.9 Å². The lowest BCUT2D eigenvalue weighted by atomic mass is 10.1. The average molecular weight is 372 g/mol. The molecule has 0 fully saturated rings. The molecule has 0 aliphatic heterocycles. The number of imidazole rings is 1. The maximum absolute atomic E-state index is 11.9. The summed E-state index contributed by atoms with van der Waals surface area (Å²) in [6, 6.07) is 20.6. The van der Waals surface area contributed by atoms with Gasteiger partial charge in [-0.3, -0.25) is 4.79 Å². The van der Waals surface area contributed by atoms with Crippen molar-refractivity contribution in [1.29, 1.82) is 0 Å². The number of aromatic nitrogens is 3. The van der Waals surface area contributed by atoms with E-state index in [1.54, 1.807) is 19.0 Å². The number of H-pyrrole nitrogens is 1. The second kappa shape index (κ2) is 7.72. The molecule has 1 N–H and O–H groups in total. The van der Waals surface area contributed by atoms with E-state index in [1.165, 1.54) is 5.39 Å². The predicted molar refractivity (Wildman–Crippen MR) is 113 cm³/mol. The lowest BCUT2D eigenvalue weighted by Gasteiger charge is -2.12. The first-order valence-corrected chi connectivity index (χ1v) is 9.52. The van der Waals surface area contributed by atoms with Gasteiger partial charge in [-0.1, -0.05) is 48.5 Å². The van der Waals surface area contributed by atoms with Crippen LogP contribution in [0.3, 0.4) is 0 Å². The molecule has 4 rings (SSSR count). The van der Waals surface area contributed by atoms with E-state index >= 15 is 0 Å². The number of nitrogens with one attached hydrogen (secondary N) is 1. The molecule has 0 aliphatic rings. The third-order valence-electron chi connectivity index (χ3n) is 4.96. The Morgan fingerprint density at radius 1 is 1.07 bits per heavy atom. The van der Waals surface area contributed by atoms with Crippen LogP contribution in [0.15, 0.2) is 67.0 Å². The van der Waals surface area contributed by atoms with Crippen molar-refractivity contribution in [2.24, 2.45) is 0 Å². The normalized spacial score (nSPS) is 11.1. The van der Waals surface area contributed by atoms with E-state index in [2.05, 4.69) is 39.9 Å². The van der Waals surface area contributed by atoms with Crippen molar-refractivity contribution < 1.29 is 4.79 Å². The summed E-state index contributed by atoms with van der Waals surface area (Å²) in [5.74, 6) is 0.149. The van der Waals surface area contributed by atoms with Crippen molar-refractivity contribution in [3.05, 3.63) is 67.0 Å². The maximum atomic E-state index is 11.9. The van der Waals surface area contributed by atoms with Crippen LogP contribution >= 0.6 is 0 Å². The van der Waals surface area contributed by atoms with Gasteiger partial charge in [-0.2, -0.15) is 0 Å². The highest BCUT2D eigenvalue weighted by atomic mass is 16.2. The average Bonchev–Trinajstić information content (AvgIpc) is 3.32. The number of hydrogen-bond acceptors (Lipinski definition) is 2. The molecule has 0 atom stereocenters. The number of carbonyl (C=O) groups excluding carboxylic acids is 1. The highest BCUT2D eigenvalue weighted by Crippen LogP contribution is 2.32. The van der Waals surface area contributed by atoms with Crippen molar-refractivity contribution in [1.82, 2.24) is 19.4 Å². The molecule has 5 heteroatoms. The van der Waals surface area contributed by atoms with Crippen LogP contribution < -0.4 is 0 Å². The van der Waals surface area contributed by atoms with E-state index in [0.717, 1.165) is 41.1 Å². The summed E-state index contributed by atoms with van der Waals surface area (Å²) in [5, 5.41) is 1.17. The van der Waals surface area contributed by atoms with Crippen LogP contribution in [0.25, 0.3) is 33.5 Å². The zero-order valence-electron chi connectivity index (χ0n) is 16.2. The lowest BCUT2D eigenvalue weighted by molar-refractivity contribution is -0.128. The standard InChI is InChI=1S/C23H24N4O/c1-26(2)21(28)13-8-14-27-16-24-22(17-9-4-3-5-10-17)23(27)20-15-18-11-6-7-12-19(18)25-20/h3-7,9-12,15-16,25H,8,13-14H2,1-2H3. The van der Waals surface area contributed by atoms with E-state index in [1.807, 2.05) is 36.7 Å². The van der Waals surface area contributed by atoms with Gasteiger partial charge in [0.1, 0.15) is 0 Å². The first kappa shape index (κ1) is 18.0. The van der Waals surface area contributed by atoms with Gasteiger partial charge in [0.15, 0.2) is 0 Å². The summed E-state index contributed by atoms with van der Waals surface area (Å²) in [6.45, 7) is 0.740. The SMILES string of the molecule is CN(C)C(=O)CCCn1cnc(-c2ccccc2)c1-c1cc2ccccc2[nH]1. The molecule has 0 saturated carbocycles. The largest absolute Gasteiger partial charge is 0.353 e. The Balaban J connectivity index is 1.72. The van der Waals surface area contributed by atoms with Crippen molar-refractivity contribution in [3.63, 3.8) is 0 Å². The summed E-state index contributed by atoms with van der Waals surface area (Å²) in [5.41, 5.74) is 5.23. The second-order valence-electron chi connectivity index (χ2n) is 7.16. The minimum atomic E-state index is 0.149. The number of amides is 1. The number of nitrogens with zero attached hydrogens (tertiary/aromatic N) is 3. The fourth-order valence-electron chi connectivity index (χ4n) is 3.47. The second-order valence-corrected chi connectivity index (χ2v) is 7.16. The Kier molecular flexibility index (Phi) is 4.98. The van der Waals surface area contributed by atoms with Gasteiger partial charge in [0, 0.05) is 43.5 Å². The zero-order chi connectivity index (χ0) is 19.5. The molecule has 2 aromatic heterocycles. The quantitative estimate of drug-likeness (QED) is 0.539. The van der Waals surface area contributed by atoms with Crippen molar-refractivity contribution in [2.75, 3.05) is 14.1 Å². The molecular formula is C23H24N4O. The molecule has 0 unspecified atom stereocenters. The summed E-state index contributed by atoms with van der Waals surface area (Å²) in [6.07, 6.45) is 3.18. The first-order chi connectivity index (χ1) is 13.6. The summed E-state index contributed by atoms with van der Waals surface area (Å²) >= 11 is 0. The Morgan fingerprint density at radius 3 is 2.57 bits per heavy atom. The Labute approximate surface area is 164 Å². The number of aryl methyl sites for hydroxylation is 1. The molecule has 0 bridgehead atoms. The summed E-state index contributed by atoms with van der Waals surface area (Å²) in [4.78, 5) is 21.8. The molecule has 28 heavy (non-hydrogen) atoms. The van der Waals surface area contributed by atoms with Gasteiger partial charge < -0.3 is 14.5 Å². The van der Waals surface area contributed by atoms with Gasteiger partial charge in [-0.15, -0.1) is 0 Å². The minimum absolute atomic E-state index is 0.149. The Bertz CT molecular complexity index is 1060. The monoisotopic (exact) mass is 372 g/mol. The number of fused-ring (bicyclic) bond motifs is 1. The van der Waals surface area contributed by atoms with Gasteiger partial charge in [0.05, 0.1) is 23.4 Å². The maximum Gasteiger partial charge on any atom is 0.222 e. The summed E-state index contributed by atoms with van der Waals surface area (Å²) in [7, 11) is 3.59. The fourth-order valence-corrected chi connectivity index (χ4v) is 3.47. The van der Waals surface area contributed by atoms with Crippen LogP contribution in [0, 0.1) is 0 Å². The third kappa shape index (κ3) is 3.56. The van der Waals surface area contributed by atoms with Crippen molar-refractivity contribution >= 4 is 16.8 Å². The number of carbonyl (C=O) groups is 1. The molecule has 2 aromatic carbocycles. The molecule has 0 spiro atoms. The van der Waals surface area contributed by atoms with Crippen LogP contribution in [0.2, 0.25) is 0 Å². The molecule has 5 nitrogen and oxygen atoms in total. The molecule has 0 saturated heterocycles. The van der Waals surface area contributed by atoms with Crippen molar-refractivity contribution in [2.45, 2.75) is 19.4 Å². The van der Waals surface area contributed by atoms with E-state index in [9.17, 15) is 4.79 Å². The summed E-state index contributed by atoms with van der Waals surface area (Å²) < 4.78 is 2.15. The Morgan fingerprint density at radius 2 is 1.82 bits per heavy atom. The van der Waals surface area contributed by atoms with Crippen LogP contribution in [0.1, 0.15) is 12.8 Å². The van der Waals surface area contributed by atoms with Gasteiger partial charge in [-0.05, 0) is 18.6 Å². The highest BCUT2D eigenvalue weighted by molar-refractivity contribution is 5.88. The van der Waals surface area contributed by atoms with Crippen LogP contribution in [0.4, 0.5) is 0 Å². The minimum Gasteiger partial charge on any atom is -0.353 e. The van der Waals surface area contributed by atoms with E-state index < -0.39 is 0 Å². The molecular weight excluding hydrogens is 348 g/mol. The number of rotatable bonds is 6. The highest BCUT2D eigenvalue weighted by Gasteiger charge is 2.17. The first-order valence-electron chi connectivity index (χ1n) is 9.52.